The van der Waals surface area contributed by atoms with Crippen LogP contribution < -0.4 is 5.32 Å². The average molecular weight is 322 g/mol. The SMILES string of the molecule is O=C(NCc1ccc(S(=O)(=O)Cl)s1)C1CCCCC1. The normalized spacial score (nSPS) is 17.3. The van der Waals surface area contributed by atoms with Crippen molar-refractivity contribution < 1.29 is 13.2 Å². The molecule has 0 aromatic carbocycles. The second kappa shape index (κ2) is 6.24. The fraction of sp³-hybridized carbons (Fsp3) is 0.583. The molecule has 0 unspecified atom stereocenters. The van der Waals surface area contributed by atoms with E-state index in [1.807, 2.05) is 0 Å². The summed E-state index contributed by atoms with van der Waals surface area (Å²) in [5.74, 6) is 0.188. The molecule has 1 heterocycles. The summed E-state index contributed by atoms with van der Waals surface area (Å²) in [6.07, 6.45) is 5.36. The molecule has 1 aliphatic carbocycles. The van der Waals surface area contributed by atoms with Gasteiger partial charge in [-0.15, -0.1) is 11.3 Å². The lowest BCUT2D eigenvalue weighted by atomic mass is 9.89. The zero-order chi connectivity index (χ0) is 13.9. The molecule has 19 heavy (non-hydrogen) atoms. The van der Waals surface area contributed by atoms with Gasteiger partial charge in [0.1, 0.15) is 4.21 Å². The minimum absolute atomic E-state index is 0.0726. The van der Waals surface area contributed by atoms with Gasteiger partial charge in [0.25, 0.3) is 9.05 Å². The Kier molecular flexibility index (Phi) is 4.86. The number of carbonyl (C=O) groups is 1. The monoisotopic (exact) mass is 321 g/mol. The van der Waals surface area contributed by atoms with E-state index < -0.39 is 9.05 Å². The summed E-state index contributed by atoms with van der Waals surface area (Å²) in [4.78, 5) is 12.7. The summed E-state index contributed by atoms with van der Waals surface area (Å²) < 4.78 is 22.4. The molecule has 0 radical (unpaired) electrons. The van der Waals surface area contributed by atoms with Gasteiger partial charge in [-0.05, 0) is 25.0 Å². The van der Waals surface area contributed by atoms with Gasteiger partial charge in [-0.2, -0.15) is 0 Å². The molecule has 1 aromatic rings. The Balaban J connectivity index is 1.88. The van der Waals surface area contributed by atoms with Gasteiger partial charge in [0.2, 0.25) is 5.91 Å². The first-order valence-corrected chi connectivity index (χ1v) is 9.40. The highest BCUT2D eigenvalue weighted by Gasteiger charge is 2.21. The molecular weight excluding hydrogens is 306 g/mol. The Bertz CT molecular complexity index is 547. The number of nitrogens with one attached hydrogen (secondary N) is 1. The topological polar surface area (TPSA) is 63.2 Å². The van der Waals surface area contributed by atoms with Crippen LogP contribution in [0.2, 0.25) is 0 Å². The van der Waals surface area contributed by atoms with E-state index in [1.165, 1.54) is 12.5 Å². The Morgan fingerprint density at radius 2 is 2.00 bits per heavy atom. The lowest BCUT2D eigenvalue weighted by molar-refractivity contribution is -0.126. The van der Waals surface area contributed by atoms with E-state index in [0.717, 1.165) is 41.9 Å². The van der Waals surface area contributed by atoms with Gasteiger partial charge in [0, 0.05) is 21.5 Å². The van der Waals surface area contributed by atoms with Crippen LogP contribution in [0.3, 0.4) is 0 Å². The van der Waals surface area contributed by atoms with E-state index in [4.69, 9.17) is 10.7 Å². The van der Waals surface area contributed by atoms with Crippen molar-refractivity contribution in [2.75, 3.05) is 0 Å². The minimum Gasteiger partial charge on any atom is -0.351 e. The number of hydrogen-bond acceptors (Lipinski definition) is 4. The number of hydrogen-bond donors (Lipinski definition) is 1. The zero-order valence-electron chi connectivity index (χ0n) is 10.4. The summed E-state index contributed by atoms with van der Waals surface area (Å²) in [7, 11) is 1.59. The molecule has 0 saturated heterocycles. The smallest absolute Gasteiger partial charge is 0.270 e. The fourth-order valence-electron chi connectivity index (χ4n) is 2.27. The van der Waals surface area contributed by atoms with Crippen molar-refractivity contribution in [2.45, 2.75) is 42.9 Å². The van der Waals surface area contributed by atoms with Crippen LogP contribution >= 0.6 is 22.0 Å². The summed E-state index contributed by atoms with van der Waals surface area (Å²) in [5.41, 5.74) is 0. The van der Waals surface area contributed by atoms with Gasteiger partial charge in [-0.1, -0.05) is 19.3 Å². The Hall–Kier alpha value is -0.590. The van der Waals surface area contributed by atoms with Crippen LogP contribution in [0, 0.1) is 5.92 Å². The van der Waals surface area contributed by atoms with Crippen LogP contribution in [0.1, 0.15) is 37.0 Å². The molecule has 0 aliphatic heterocycles. The van der Waals surface area contributed by atoms with Crippen molar-refractivity contribution in [1.29, 1.82) is 0 Å². The third-order valence-electron chi connectivity index (χ3n) is 3.29. The first kappa shape index (κ1) is 14.8. The van der Waals surface area contributed by atoms with Gasteiger partial charge in [-0.3, -0.25) is 4.79 Å². The maximum Gasteiger partial charge on any atom is 0.270 e. The van der Waals surface area contributed by atoms with E-state index in [9.17, 15) is 13.2 Å². The molecule has 1 aromatic heterocycles. The molecule has 1 saturated carbocycles. The van der Waals surface area contributed by atoms with Crippen LogP contribution in [0.25, 0.3) is 0 Å². The molecule has 4 nitrogen and oxygen atoms in total. The van der Waals surface area contributed by atoms with E-state index in [2.05, 4.69) is 5.32 Å². The number of halogens is 1. The van der Waals surface area contributed by atoms with Crippen molar-refractivity contribution in [1.82, 2.24) is 5.32 Å². The lowest BCUT2D eigenvalue weighted by Crippen LogP contribution is -2.31. The molecule has 106 valence electrons. The molecular formula is C12H16ClNO3S2. The molecule has 1 fully saturated rings. The van der Waals surface area contributed by atoms with Crippen molar-refractivity contribution in [3.8, 4) is 0 Å². The second-order valence-electron chi connectivity index (χ2n) is 4.71. The number of thiophene rings is 1. The maximum atomic E-state index is 11.9. The predicted molar refractivity (Wildman–Crippen MR) is 75.8 cm³/mol. The van der Waals surface area contributed by atoms with Crippen molar-refractivity contribution >= 4 is 37.0 Å². The minimum atomic E-state index is -3.66. The van der Waals surface area contributed by atoms with Gasteiger partial charge >= 0.3 is 0 Å². The Morgan fingerprint density at radius 1 is 1.32 bits per heavy atom. The molecule has 0 bridgehead atoms. The molecule has 7 heteroatoms. The van der Waals surface area contributed by atoms with Gasteiger partial charge in [0.15, 0.2) is 0 Å². The average Bonchev–Trinajstić information content (AvgIpc) is 2.86. The summed E-state index contributed by atoms with van der Waals surface area (Å²) in [6, 6.07) is 3.15. The Labute approximate surface area is 121 Å². The van der Waals surface area contributed by atoms with Gasteiger partial charge in [-0.25, -0.2) is 8.42 Å². The van der Waals surface area contributed by atoms with E-state index >= 15 is 0 Å². The second-order valence-corrected chi connectivity index (χ2v) is 8.67. The van der Waals surface area contributed by atoms with Crippen molar-refractivity contribution in [3.63, 3.8) is 0 Å². The van der Waals surface area contributed by atoms with Crippen molar-refractivity contribution in [3.05, 3.63) is 17.0 Å². The van der Waals surface area contributed by atoms with Crippen LogP contribution in [-0.2, 0) is 20.4 Å². The van der Waals surface area contributed by atoms with E-state index in [0.29, 0.717) is 6.54 Å². The largest absolute Gasteiger partial charge is 0.351 e. The zero-order valence-corrected chi connectivity index (χ0v) is 12.8. The van der Waals surface area contributed by atoms with Gasteiger partial charge < -0.3 is 5.32 Å². The molecule has 2 rings (SSSR count). The van der Waals surface area contributed by atoms with Crippen molar-refractivity contribution in [2.24, 2.45) is 5.92 Å². The predicted octanol–water partition coefficient (Wildman–Crippen LogP) is 2.87. The first-order valence-electron chi connectivity index (χ1n) is 6.28. The molecule has 1 N–H and O–H groups in total. The summed E-state index contributed by atoms with van der Waals surface area (Å²) in [6.45, 7) is 0.367. The quantitative estimate of drug-likeness (QED) is 0.867. The van der Waals surface area contributed by atoms with Crippen LogP contribution in [0.5, 0.6) is 0 Å². The van der Waals surface area contributed by atoms with E-state index in [1.54, 1.807) is 6.07 Å². The van der Waals surface area contributed by atoms with Crippen LogP contribution in [-0.4, -0.2) is 14.3 Å². The fourth-order valence-corrected chi connectivity index (χ4v) is 4.33. The third kappa shape index (κ3) is 4.19. The Morgan fingerprint density at radius 3 is 2.58 bits per heavy atom. The number of carbonyl (C=O) groups excluding carboxylic acids is 1. The lowest BCUT2D eigenvalue weighted by Gasteiger charge is -2.20. The highest BCUT2D eigenvalue weighted by molar-refractivity contribution is 8.15. The summed E-state index contributed by atoms with van der Waals surface area (Å²) in [5, 5.41) is 2.87. The highest BCUT2D eigenvalue weighted by Crippen LogP contribution is 2.26. The molecule has 0 atom stereocenters. The van der Waals surface area contributed by atoms with Gasteiger partial charge in [0.05, 0.1) is 6.54 Å². The third-order valence-corrected chi connectivity index (χ3v) is 6.47. The maximum absolute atomic E-state index is 11.9. The number of amides is 1. The van der Waals surface area contributed by atoms with Crippen LogP contribution in [0.15, 0.2) is 16.3 Å². The van der Waals surface area contributed by atoms with E-state index in [-0.39, 0.29) is 16.0 Å². The molecule has 1 aliphatic rings. The number of rotatable bonds is 4. The molecule has 1 amide bonds. The standard InChI is InChI=1S/C12H16ClNO3S2/c13-19(16,17)11-7-6-10(18-11)8-14-12(15)9-4-2-1-3-5-9/h6-7,9H,1-5,8H2,(H,14,15). The first-order chi connectivity index (χ1) is 8.97. The van der Waals surface area contributed by atoms with Crippen LogP contribution in [0.4, 0.5) is 0 Å². The summed E-state index contributed by atoms with van der Waals surface area (Å²) >= 11 is 1.09. The highest BCUT2D eigenvalue weighted by atomic mass is 35.7. The molecule has 0 spiro atoms.